The van der Waals surface area contributed by atoms with E-state index < -0.39 is 97.5 Å². The average Bonchev–Trinajstić information content (AvgIpc) is 3.71. The van der Waals surface area contributed by atoms with Gasteiger partial charge in [-0.25, -0.2) is 9.13 Å². The molecule has 17 nitrogen and oxygen atoms in total. The Morgan fingerprint density at radius 1 is 0.333 bits per heavy atom. The van der Waals surface area contributed by atoms with Crippen molar-refractivity contribution in [2.45, 2.75) is 362 Å². The Bertz CT molecular complexity index is 1700. The fourth-order valence-corrected chi connectivity index (χ4v) is 11.8. The van der Waals surface area contributed by atoms with Gasteiger partial charge in [-0.2, -0.15) is 0 Å². The van der Waals surface area contributed by atoms with E-state index in [0.717, 1.165) is 115 Å². The van der Waals surface area contributed by atoms with Crippen LogP contribution in [-0.4, -0.2) is 96.7 Å². The van der Waals surface area contributed by atoms with Gasteiger partial charge in [0.15, 0.2) is 12.2 Å². The highest BCUT2D eigenvalue weighted by molar-refractivity contribution is 7.47. The summed E-state index contributed by atoms with van der Waals surface area (Å²) in [4.78, 5) is 72.1. The molecular weight excluding hydrogens is 1150 g/mol. The van der Waals surface area contributed by atoms with Crippen molar-refractivity contribution in [3.63, 3.8) is 0 Å². The lowest BCUT2D eigenvalue weighted by Crippen LogP contribution is -2.30. The molecule has 87 heavy (non-hydrogen) atoms. The van der Waals surface area contributed by atoms with E-state index in [4.69, 9.17) is 37.0 Å². The molecule has 19 heteroatoms. The van der Waals surface area contributed by atoms with Crippen molar-refractivity contribution in [1.82, 2.24) is 0 Å². The zero-order valence-corrected chi connectivity index (χ0v) is 58.1. The molecule has 0 heterocycles. The van der Waals surface area contributed by atoms with Crippen LogP contribution in [0, 0.1) is 11.8 Å². The molecule has 0 aliphatic heterocycles. The third-order valence-corrected chi connectivity index (χ3v) is 18.0. The minimum absolute atomic E-state index is 0.104. The predicted octanol–water partition coefficient (Wildman–Crippen LogP) is 19.2. The fraction of sp³-hybridized carbons (Fsp3) is 0.941. The number of phosphoric acid groups is 2. The van der Waals surface area contributed by atoms with E-state index in [1.807, 2.05) is 0 Å². The van der Waals surface area contributed by atoms with Gasteiger partial charge in [-0.3, -0.25) is 37.3 Å². The first-order valence-corrected chi connectivity index (χ1v) is 38.5. The molecule has 3 unspecified atom stereocenters. The highest BCUT2D eigenvalue weighted by atomic mass is 31.2. The third kappa shape index (κ3) is 61.3. The zero-order chi connectivity index (χ0) is 64.3. The van der Waals surface area contributed by atoms with Gasteiger partial charge in [0.25, 0.3) is 0 Å². The molecular formula is C68H132O17P2. The number of carbonyl (C=O) groups is 4. The molecule has 0 fully saturated rings. The van der Waals surface area contributed by atoms with Gasteiger partial charge in [0.1, 0.15) is 19.3 Å². The maximum atomic E-state index is 13.0. The number of aliphatic hydroxyl groups excluding tert-OH is 1. The summed E-state index contributed by atoms with van der Waals surface area (Å²) in [5.41, 5.74) is 0. The molecule has 0 bridgehead atoms. The molecule has 0 rings (SSSR count). The molecule has 0 radical (unpaired) electrons. The summed E-state index contributed by atoms with van der Waals surface area (Å²) in [6, 6.07) is 0. The van der Waals surface area contributed by atoms with Crippen LogP contribution in [0.4, 0.5) is 0 Å². The van der Waals surface area contributed by atoms with Gasteiger partial charge < -0.3 is 33.8 Å². The molecule has 6 atom stereocenters. The second-order valence-corrected chi connectivity index (χ2v) is 28.2. The van der Waals surface area contributed by atoms with Crippen LogP contribution < -0.4 is 0 Å². The van der Waals surface area contributed by atoms with Crippen LogP contribution in [0.25, 0.3) is 0 Å². The SMILES string of the molecule is CCCCCCCCCCC(=O)O[C@H](COC(=O)CCCCCCC)COP(=O)(O)OC[C@H](O)COP(=O)(O)OC[C@@H](COC(=O)CCCCCCCCCCCCCCCC(C)C)OC(=O)CCCCCCCCCCCCCCCCC(C)CC. The Balaban J connectivity index is 5.14. The molecule has 0 aromatic carbocycles. The Morgan fingerprint density at radius 2 is 0.586 bits per heavy atom. The molecule has 3 N–H and O–H groups in total. The summed E-state index contributed by atoms with van der Waals surface area (Å²) in [6.07, 6.45) is 44.8. The molecule has 0 aromatic heterocycles. The first-order chi connectivity index (χ1) is 41.9. The normalized spacial score (nSPS) is 14.5. The standard InChI is InChI=1S/C68H132O17P2/c1-7-10-12-14-15-33-40-46-52-67(72)84-63(56-78-65(70)50-44-36-13-11-8-2)58-82-86(74,75)80-54-62(69)55-81-87(76,77)83-59-64(57-79-66(71)51-45-39-34-29-25-22-18-19-23-27-31-37-42-48-60(4)5)85-68(73)53-47-41-35-30-26-21-17-16-20-24-28-32-38-43-49-61(6)9-3/h60-64,69H,7-59H2,1-6H3,(H,74,75)(H,76,77)/t61?,62-,63+,64+/m0/s1. The molecule has 0 aliphatic carbocycles. The van der Waals surface area contributed by atoms with Gasteiger partial charge in [0, 0.05) is 25.7 Å². The molecule has 0 aromatic rings. The van der Waals surface area contributed by atoms with Crippen molar-refractivity contribution in [2.75, 3.05) is 39.6 Å². The molecule has 0 saturated carbocycles. The average molecular weight is 1280 g/mol. The minimum atomic E-state index is -4.95. The highest BCUT2D eigenvalue weighted by Gasteiger charge is 2.30. The number of rotatable bonds is 67. The Hall–Kier alpha value is -1.94. The van der Waals surface area contributed by atoms with Gasteiger partial charge >= 0.3 is 39.5 Å². The van der Waals surface area contributed by atoms with E-state index in [1.165, 1.54) is 148 Å². The summed E-state index contributed by atoms with van der Waals surface area (Å²) in [5, 5.41) is 10.5. The predicted molar refractivity (Wildman–Crippen MR) is 349 cm³/mol. The van der Waals surface area contributed by atoms with Crippen LogP contribution in [0.1, 0.15) is 343 Å². The van der Waals surface area contributed by atoms with E-state index in [2.05, 4.69) is 41.5 Å². The second-order valence-electron chi connectivity index (χ2n) is 25.3. The van der Waals surface area contributed by atoms with E-state index >= 15 is 0 Å². The van der Waals surface area contributed by atoms with Gasteiger partial charge in [0.2, 0.25) is 0 Å². The summed E-state index contributed by atoms with van der Waals surface area (Å²) < 4.78 is 67.9. The highest BCUT2D eigenvalue weighted by Crippen LogP contribution is 2.45. The maximum absolute atomic E-state index is 13.0. The lowest BCUT2D eigenvalue weighted by atomic mass is 9.99. The van der Waals surface area contributed by atoms with E-state index in [1.54, 1.807) is 0 Å². The number of unbranched alkanes of at least 4 members (excludes halogenated alkanes) is 36. The monoisotopic (exact) mass is 1280 g/mol. The van der Waals surface area contributed by atoms with E-state index in [9.17, 15) is 43.2 Å². The Labute approximate surface area is 530 Å². The van der Waals surface area contributed by atoms with Crippen molar-refractivity contribution in [3.05, 3.63) is 0 Å². The summed E-state index contributed by atoms with van der Waals surface area (Å²) in [7, 11) is -9.88. The second kappa shape index (κ2) is 60.3. The topological polar surface area (TPSA) is 237 Å². The van der Waals surface area contributed by atoms with Crippen LogP contribution >= 0.6 is 15.6 Å². The summed E-state index contributed by atoms with van der Waals surface area (Å²) in [6.45, 7) is 9.49. The van der Waals surface area contributed by atoms with Gasteiger partial charge in [-0.1, -0.05) is 292 Å². The molecule has 0 saturated heterocycles. The van der Waals surface area contributed by atoms with Crippen LogP contribution in [0.15, 0.2) is 0 Å². The molecule has 516 valence electrons. The lowest BCUT2D eigenvalue weighted by Gasteiger charge is -2.21. The van der Waals surface area contributed by atoms with Gasteiger partial charge in [0.05, 0.1) is 26.4 Å². The van der Waals surface area contributed by atoms with Crippen LogP contribution in [0.2, 0.25) is 0 Å². The number of phosphoric ester groups is 2. The number of ether oxygens (including phenoxy) is 4. The van der Waals surface area contributed by atoms with Crippen LogP contribution in [0.5, 0.6) is 0 Å². The first kappa shape index (κ1) is 85.1. The van der Waals surface area contributed by atoms with Crippen LogP contribution in [-0.2, 0) is 65.4 Å². The smallest absolute Gasteiger partial charge is 0.462 e. The fourth-order valence-electron chi connectivity index (χ4n) is 10.2. The van der Waals surface area contributed by atoms with Crippen molar-refractivity contribution in [2.24, 2.45) is 11.8 Å². The maximum Gasteiger partial charge on any atom is 0.472 e. The molecule has 0 aliphatic rings. The van der Waals surface area contributed by atoms with Crippen molar-refractivity contribution < 1.29 is 80.2 Å². The lowest BCUT2D eigenvalue weighted by molar-refractivity contribution is -0.161. The summed E-state index contributed by atoms with van der Waals surface area (Å²) in [5.74, 6) is -0.504. The molecule has 0 amide bonds. The zero-order valence-electron chi connectivity index (χ0n) is 56.3. The van der Waals surface area contributed by atoms with Crippen molar-refractivity contribution in [3.8, 4) is 0 Å². The van der Waals surface area contributed by atoms with Crippen molar-refractivity contribution in [1.29, 1.82) is 0 Å². The number of hydrogen-bond donors (Lipinski definition) is 3. The van der Waals surface area contributed by atoms with Gasteiger partial charge in [-0.05, 0) is 37.5 Å². The minimum Gasteiger partial charge on any atom is -0.462 e. The number of esters is 4. The number of aliphatic hydroxyl groups is 1. The summed E-state index contributed by atoms with van der Waals surface area (Å²) >= 11 is 0. The van der Waals surface area contributed by atoms with E-state index in [-0.39, 0.29) is 25.7 Å². The van der Waals surface area contributed by atoms with Gasteiger partial charge in [-0.15, -0.1) is 0 Å². The number of carbonyl (C=O) groups excluding carboxylic acids is 4. The Morgan fingerprint density at radius 3 is 0.874 bits per heavy atom. The van der Waals surface area contributed by atoms with Crippen LogP contribution in [0.3, 0.4) is 0 Å². The van der Waals surface area contributed by atoms with Crippen molar-refractivity contribution >= 4 is 39.5 Å². The largest absolute Gasteiger partial charge is 0.472 e. The van der Waals surface area contributed by atoms with E-state index in [0.29, 0.717) is 25.7 Å². The Kier molecular flexibility index (Phi) is 59.0. The third-order valence-electron chi connectivity index (χ3n) is 16.1. The number of hydrogen-bond acceptors (Lipinski definition) is 15. The first-order valence-electron chi connectivity index (χ1n) is 35.5. The molecule has 0 spiro atoms. The quantitative estimate of drug-likeness (QED) is 0.0222.